The summed E-state index contributed by atoms with van der Waals surface area (Å²) in [5.41, 5.74) is 1.61. The summed E-state index contributed by atoms with van der Waals surface area (Å²) in [6, 6.07) is 11.4. The molecule has 3 aliphatic heterocycles. The highest BCUT2D eigenvalue weighted by Gasteiger charge is 2.35. The number of fused-ring (bicyclic) bond motifs is 1. The molecule has 3 N–H and O–H groups in total. The Hall–Kier alpha value is -4.03. The number of β-amino-alcohol motifs (C(OH)–C–C–N with tert-alkyl or cyclic N) is 1. The number of rotatable bonds is 3. The molecule has 0 aliphatic carbocycles. The summed E-state index contributed by atoms with van der Waals surface area (Å²) in [7, 11) is 0. The van der Waals surface area contributed by atoms with Crippen LogP contribution < -0.4 is 5.32 Å². The molecule has 2 fully saturated rings. The average molecular weight is 484 g/mol. The Labute approximate surface area is 210 Å². The molecule has 1 aromatic carbocycles. The molecular formula is C27H29N7O2. The van der Waals surface area contributed by atoms with E-state index in [4.69, 9.17) is 10.4 Å². The molecule has 1 amide bonds. The molecule has 0 unspecified atom stereocenters. The van der Waals surface area contributed by atoms with Crippen molar-refractivity contribution in [3.8, 4) is 6.07 Å². The van der Waals surface area contributed by atoms with Crippen molar-refractivity contribution in [3.63, 3.8) is 0 Å². The van der Waals surface area contributed by atoms with Gasteiger partial charge in [0, 0.05) is 49.1 Å². The summed E-state index contributed by atoms with van der Waals surface area (Å²) in [5.74, 6) is 0.563. The van der Waals surface area contributed by atoms with Crippen LogP contribution in [-0.2, 0) is 0 Å². The molecule has 9 nitrogen and oxygen atoms in total. The third kappa shape index (κ3) is 4.48. The molecule has 184 valence electrons. The van der Waals surface area contributed by atoms with Crippen molar-refractivity contribution in [1.82, 2.24) is 20.1 Å². The van der Waals surface area contributed by atoms with E-state index in [0.717, 1.165) is 29.2 Å². The van der Waals surface area contributed by atoms with Gasteiger partial charge >= 0.3 is 0 Å². The summed E-state index contributed by atoms with van der Waals surface area (Å²) in [6.07, 6.45) is 6.95. The third-order valence-electron chi connectivity index (χ3n) is 7.06. The van der Waals surface area contributed by atoms with Crippen molar-refractivity contribution in [1.29, 1.82) is 10.7 Å². The fourth-order valence-electron chi connectivity index (χ4n) is 5.13. The number of likely N-dealkylation sites (tertiary alicyclic amines) is 2. The van der Waals surface area contributed by atoms with Gasteiger partial charge in [0.15, 0.2) is 0 Å². The van der Waals surface area contributed by atoms with E-state index in [1.165, 1.54) is 0 Å². The number of amidine groups is 1. The van der Waals surface area contributed by atoms with Gasteiger partial charge in [0.1, 0.15) is 17.4 Å². The van der Waals surface area contributed by atoms with Crippen molar-refractivity contribution in [3.05, 3.63) is 65.9 Å². The Morgan fingerprint density at radius 2 is 2.11 bits per heavy atom. The van der Waals surface area contributed by atoms with E-state index in [0.29, 0.717) is 49.1 Å². The van der Waals surface area contributed by atoms with Gasteiger partial charge in [-0.1, -0.05) is 24.3 Å². The minimum absolute atomic E-state index is 0.162. The van der Waals surface area contributed by atoms with E-state index >= 15 is 0 Å². The van der Waals surface area contributed by atoms with Gasteiger partial charge in [0.25, 0.3) is 5.91 Å². The fraction of sp³-hybridized carbons (Fsp3) is 0.370. The lowest BCUT2D eigenvalue weighted by Crippen LogP contribution is -2.47. The van der Waals surface area contributed by atoms with E-state index < -0.39 is 12.0 Å². The number of amides is 1. The lowest BCUT2D eigenvalue weighted by molar-refractivity contribution is 0.0676. The number of pyridine rings is 1. The molecule has 5 rings (SSSR count). The van der Waals surface area contributed by atoms with Gasteiger partial charge in [-0.05, 0) is 37.6 Å². The first kappa shape index (κ1) is 23.7. The minimum Gasteiger partial charge on any atom is -0.390 e. The first-order chi connectivity index (χ1) is 17.5. The second-order valence-corrected chi connectivity index (χ2v) is 9.49. The van der Waals surface area contributed by atoms with Crippen molar-refractivity contribution in [2.24, 2.45) is 10.9 Å². The molecule has 4 heterocycles. The second-order valence-electron chi connectivity index (χ2n) is 9.49. The number of hydrogen-bond donors (Lipinski definition) is 3. The predicted octanol–water partition coefficient (Wildman–Crippen LogP) is 2.81. The van der Waals surface area contributed by atoms with Crippen LogP contribution in [0.5, 0.6) is 0 Å². The predicted molar refractivity (Wildman–Crippen MR) is 137 cm³/mol. The number of nitriles is 1. The van der Waals surface area contributed by atoms with Gasteiger partial charge in [-0.15, -0.1) is 0 Å². The second kappa shape index (κ2) is 9.91. The number of aliphatic hydroxyl groups is 1. The number of aliphatic hydroxyl groups excluding tert-OH is 1. The molecule has 3 aliphatic rings. The lowest BCUT2D eigenvalue weighted by atomic mass is 9.96. The van der Waals surface area contributed by atoms with Crippen LogP contribution in [0, 0.1) is 22.7 Å². The number of nitrogens with one attached hydrogen (secondary N) is 2. The van der Waals surface area contributed by atoms with E-state index in [1.807, 2.05) is 48.4 Å². The van der Waals surface area contributed by atoms with Crippen LogP contribution in [0.2, 0.25) is 0 Å². The Morgan fingerprint density at radius 1 is 1.28 bits per heavy atom. The van der Waals surface area contributed by atoms with E-state index in [9.17, 15) is 15.2 Å². The number of carbonyl (C=O) groups is 1. The topological polar surface area (TPSA) is 129 Å². The summed E-state index contributed by atoms with van der Waals surface area (Å²) in [6.45, 7) is 3.24. The van der Waals surface area contributed by atoms with Gasteiger partial charge < -0.3 is 25.6 Å². The zero-order valence-electron chi connectivity index (χ0n) is 20.2. The van der Waals surface area contributed by atoms with Crippen molar-refractivity contribution < 1.29 is 9.90 Å². The van der Waals surface area contributed by atoms with Crippen LogP contribution in [-0.4, -0.2) is 69.1 Å². The van der Waals surface area contributed by atoms with E-state index in [1.54, 1.807) is 17.2 Å². The molecule has 0 radical (unpaired) electrons. The van der Waals surface area contributed by atoms with Crippen LogP contribution in [0.4, 0.5) is 0 Å². The van der Waals surface area contributed by atoms with Crippen molar-refractivity contribution in [2.45, 2.75) is 38.3 Å². The quantitative estimate of drug-likeness (QED) is 0.576. The fourth-order valence-corrected chi connectivity index (χ4v) is 5.13. The van der Waals surface area contributed by atoms with E-state index in [-0.39, 0.29) is 11.9 Å². The number of nitrogens with zero attached hydrogens (tertiary/aromatic N) is 5. The van der Waals surface area contributed by atoms with Gasteiger partial charge in [-0.25, -0.2) is 4.99 Å². The van der Waals surface area contributed by atoms with Crippen LogP contribution >= 0.6 is 0 Å². The highest BCUT2D eigenvalue weighted by atomic mass is 16.3. The van der Waals surface area contributed by atoms with Crippen LogP contribution in [0.1, 0.15) is 36.7 Å². The maximum atomic E-state index is 13.6. The zero-order chi connectivity index (χ0) is 25.2. The number of aliphatic imine (C=N–C) groups is 1. The molecular weight excluding hydrogens is 454 g/mol. The Bertz CT molecular complexity index is 1330. The first-order valence-electron chi connectivity index (χ1n) is 12.3. The van der Waals surface area contributed by atoms with Crippen LogP contribution in [0.3, 0.4) is 0 Å². The van der Waals surface area contributed by atoms with Gasteiger partial charge in [-0.2, -0.15) is 5.26 Å². The van der Waals surface area contributed by atoms with Crippen molar-refractivity contribution >= 4 is 28.2 Å². The minimum atomic E-state index is -0.712. The Morgan fingerprint density at radius 3 is 2.92 bits per heavy atom. The van der Waals surface area contributed by atoms with Crippen LogP contribution in [0.15, 0.2) is 65.2 Å². The molecule has 2 aromatic rings. The molecule has 36 heavy (non-hydrogen) atoms. The highest BCUT2D eigenvalue weighted by molar-refractivity contribution is 6.08. The number of piperidine rings is 1. The SMILES string of the molecule is CC1=CN/C(=C\C(=N)[C@@H]2CCCCN2C(=O)c2nccc3ccccc23)N=C1N1C[C@@H](C#N)[C@@H](O)C1. The molecule has 9 heteroatoms. The van der Waals surface area contributed by atoms with Crippen LogP contribution in [0.25, 0.3) is 10.8 Å². The molecule has 1 aromatic heterocycles. The average Bonchev–Trinajstić information content (AvgIpc) is 3.29. The summed E-state index contributed by atoms with van der Waals surface area (Å²) in [5, 5.41) is 33.2. The standard InChI is InChI=1S/C27H29N7O2/c1-17-14-31-24(32-26(17)33-15-19(13-28)23(35)16-33)12-21(29)22-8-4-5-11-34(22)27(36)25-20-7-3-2-6-18(20)9-10-30-25/h2-3,6-7,9-10,12,14,19,22-23,29,31,35H,4-5,8,11,15-16H2,1H3/b24-12+,29-21?/t19-,22+,23+/m1/s1. The normalized spacial score (nSPS) is 25.2. The lowest BCUT2D eigenvalue weighted by Gasteiger charge is -2.35. The zero-order valence-corrected chi connectivity index (χ0v) is 20.2. The molecule has 3 atom stereocenters. The van der Waals surface area contributed by atoms with Gasteiger partial charge in [0.05, 0.1) is 29.8 Å². The Kier molecular flexibility index (Phi) is 6.53. The Balaban J connectivity index is 1.39. The van der Waals surface area contributed by atoms with Crippen molar-refractivity contribution in [2.75, 3.05) is 19.6 Å². The van der Waals surface area contributed by atoms with E-state index in [2.05, 4.69) is 16.4 Å². The van der Waals surface area contributed by atoms with Gasteiger partial charge in [-0.3, -0.25) is 9.78 Å². The number of hydrogen-bond acceptors (Lipinski definition) is 8. The highest BCUT2D eigenvalue weighted by Crippen LogP contribution is 2.25. The maximum absolute atomic E-state index is 13.6. The monoisotopic (exact) mass is 483 g/mol. The molecule has 0 saturated carbocycles. The summed E-state index contributed by atoms with van der Waals surface area (Å²) in [4.78, 5) is 26.4. The largest absolute Gasteiger partial charge is 0.390 e. The van der Waals surface area contributed by atoms with Gasteiger partial charge in [0.2, 0.25) is 0 Å². The first-order valence-corrected chi connectivity index (χ1v) is 12.3. The third-order valence-corrected chi connectivity index (χ3v) is 7.06. The molecule has 0 spiro atoms. The molecule has 0 bridgehead atoms. The maximum Gasteiger partial charge on any atom is 0.273 e. The molecule has 2 saturated heterocycles. The summed E-state index contributed by atoms with van der Waals surface area (Å²) < 4.78 is 0. The number of benzene rings is 1. The summed E-state index contributed by atoms with van der Waals surface area (Å²) >= 11 is 0. The number of carbonyl (C=O) groups excluding carboxylic acids is 1. The number of aromatic nitrogens is 1. The smallest absolute Gasteiger partial charge is 0.273 e.